The van der Waals surface area contributed by atoms with E-state index >= 15 is 0 Å². The Bertz CT molecular complexity index is 1290. The standard InChI is InChI=1S/C28H24N2O4S/c31-26(32)16-19-5-11-23(12-6-19)29-28-30-27(33)25(35-28)15-18-3-7-21(8-4-18)22-9-13-24(14-10-22)34-17-20-1-2-20/h3-15,20H,1-2,16-17H2,(H,31,32)(H,29,30,33)/b25-15+. The lowest BCUT2D eigenvalue weighted by molar-refractivity contribution is -0.136. The average molecular weight is 485 g/mol. The van der Waals surface area contributed by atoms with Gasteiger partial charge in [-0.2, -0.15) is 4.99 Å². The van der Waals surface area contributed by atoms with Gasteiger partial charge in [0.15, 0.2) is 5.17 Å². The summed E-state index contributed by atoms with van der Waals surface area (Å²) in [5, 5.41) is 12.5. The second kappa shape index (κ2) is 10.2. The molecule has 1 amide bonds. The van der Waals surface area contributed by atoms with Crippen LogP contribution in [-0.4, -0.2) is 28.8 Å². The summed E-state index contributed by atoms with van der Waals surface area (Å²) in [6.45, 7) is 0.805. The molecule has 0 saturated heterocycles. The Morgan fingerprint density at radius 2 is 1.66 bits per heavy atom. The first-order valence-electron chi connectivity index (χ1n) is 11.5. The predicted octanol–water partition coefficient (Wildman–Crippen LogP) is 5.85. The van der Waals surface area contributed by atoms with Gasteiger partial charge in [-0.15, -0.1) is 0 Å². The molecule has 0 bridgehead atoms. The third kappa shape index (κ3) is 6.19. The van der Waals surface area contributed by atoms with Crippen molar-refractivity contribution in [2.45, 2.75) is 19.3 Å². The second-order valence-electron chi connectivity index (χ2n) is 8.63. The van der Waals surface area contributed by atoms with Gasteiger partial charge in [-0.1, -0.05) is 48.5 Å². The molecule has 2 N–H and O–H groups in total. The SMILES string of the molecule is O=C(O)Cc1ccc(NC2=NC(=O)/C(=C\c3ccc(-c4ccc(OCC5CC5)cc4)cc3)S2)cc1. The number of ether oxygens (including phenoxy) is 1. The predicted molar refractivity (Wildman–Crippen MR) is 140 cm³/mol. The lowest BCUT2D eigenvalue weighted by atomic mass is 10.0. The Morgan fingerprint density at radius 1 is 1.00 bits per heavy atom. The highest BCUT2D eigenvalue weighted by Gasteiger charge is 2.22. The number of anilines is 1. The molecule has 7 heteroatoms. The summed E-state index contributed by atoms with van der Waals surface area (Å²) >= 11 is 1.28. The van der Waals surface area contributed by atoms with E-state index in [9.17, 15) is 9.59 Å². The lowest BCUT2D eigenvalue weighted by Gasteiger charge is -2.07. The van der Waals surface area contributed by atoms with Gasteiger partial charge < -0.3 is 15.2 Å². The number of amides is 1. The number of rotatable bonds is 8. The van der Waals surface area contributed by atoms with Crippen LogP contribution in [0.4, 0.5) is 5.69 Å². The quantitative estimate of drug-likeness (QED) is 0.390. The van der Waals surface area contributed by atoms with E-state index in [1.54, 1.807) is 24.3 Å². The molecule has 5 rings (SSSR count). The van der Waals surface area contributed by atoms with Crippen LogP contribution in [0.1, 0.15) is 24.0 Å². The van der Waals surface area contributed by atoms with E-state index in [-0.39, 0.29) is 12.3 Å². The Morgan fingerprint density at radius 3 is 2.29 bits per heavy atom. The van der Waals surface area contributed by atoms with Gasteiger partial charge in [-0.25, -0.2) is 0 Å². The highest BCUT2D eigenvalue weighted by atomic mass is 32.2. The molecular weight excluding hydrogens is 460 g/mol. The van der Waals surface area contributed by atoms with E-state index in [2.05, 4.69) is 22.4 Å². The smallest absolute Gasteiger partial charge is 0.307 e. The minimum absolute atomic E-state index is 0.0275. The molecule has 1 aliphatic carbocycles. The number of amidine groups is 1. The van der Waals surface area contributed by atoms with Crippen LogP contribution in [0.15, 0.2) is 82.7 Å². The molecule has 0 spiro atoms. The van der Waals surface area contributed by atoms with Gasteiger partial charge in [-0.05, 0) is 83.1 Å². The van der Waals surface area contributed by atoms with Crippen molar-refractivity contribution < 1.29 is 19.4 Å². The van der Waals surface area contributed by atoms with E-state index in [0.717, 1.165) is 40.7 Å². The number of hydrogen-bond acceptors (Lipinski definition) is 5. The fourth-order valence-electron chi connectivity index (χ4n) is 3.63. The summed E-state index contributed by atoms with van der Waals surface area (Å²) in [5.41, 5.74) is 4.58. The molecule has 6 nitrogen and oxygen atoms in total. The van der Waals surface area contributed by atoms with Crippen molar-refractivity contribution in [2.75, 3.05) is 11.9 Å². The largest absolute Gasteiger partial charge is 0.493 e. The third-order valence-corrected chi connectivity index (χ3v) is 6.66. The highest BCUT2D eigenvalue weighted by molar-refractivity contribution is 8.18. The van der Waals surface area contributed by atoms with E-state index in [1.165, 1.54) is 24.6 Å². The maximum atomic E-state index is 12.4. The number of nitrogens with zero attached hydrogens (tertiary/aromatic N) is 1. The van der Waals surface area contributed by atoms with Crippen molar-refractivity contribution >= 4 is 40.6 Å². The molecular formula is C28H24N2O4S. The zero-order valence-corrected chi connectivity index (χ0v) is 19.8. The number of aliphatic imine (C=N–C) groups is 1. The fourth-order valence-corrected chi connectivity index (χ4v) is 4.47. The normalized spacial score (nSPS) is 16.3. The van der Waals surface area contributed by atoms with E-state index in [4.69, 9.17) is 9.84 Å². The lowest BCUT2D eigenvalue weighted by Crippen LogP contribution is -2.05. The summed E-state index contributed by atoms with van der Waals surface area (Å²) in [6.07, 6.45) is 4.36. The molecule has 2 aliphatic rings. The summed E-state index contributed by atoms with van der Waals surface area (Å²) in [4.78, 5) is 27.8. The minimum Gasteiger partial charge on any atom is -0.493 e. The number of benzene rings is 3. The molecule has 3 aromatic carbocycles. The number of carboxylic acids is 1. The fraction of sp³-hybridized carbons (Fsp3) is 0.179. The summed E-state index contributed by atoms with van der Waals surface area (Å²) in [7, 11) is 0. The average Bonchev–Trinajstić information content (AvgIpc) is 3.62. The maximum Gasteiger partial charge on any atom is 0.307 e. The van der Waals surface area contributed by atoms with Gasteiger partial charge in [0.1, 0.15) is 5.75 Å². The van der Waals surface area contributed by atoms with E-state index in [0.29, 0.717) is 15.6 Å². The Hall–Kier alpha value is -3.84. The molecule has 0 atom stereocenters. The molecule has 3 aromatic rings. The molecule has 1 fully saturated rings. The zero-order valence-electron chi connectivity index (χ0n) is 18.9. The number of carbonyl (C=O) groups is 2. The maximum absolute atomic E-state index is 12.4. The molecule has 0 radical (unpaired) electrons. The van der Waals surface area contributed by atoms with Gasteiger partial charge in [-0.3, -0.25) is 9.59 Å². The first-order valence-corrected chi connectivity index (χ1v) is 12.3. The number of aliphatic carboxylic acids is 1. The molecule has 176 valence electrons. The van der Waals surface area contributed by atoms with Gasteiger partial charge in [0.2, 0.25) is 0 Å². The van der Waals surface area contributed by atoms with Crippen molar-refractivity contribution in [1.82, 2.24) is 0 Å². The third-order valence-electron chi connectivity index (χ3n) is 5.76. The van der Waals surface area contributed by atoms with Gasteiger partial charge >= 0.3 is 5.97 Å². The zero-order chi connectivity index (χ0) is 24.2. The van der Waals surface area contributed by atoms with Crippen LogP contribution in [-0.2, 0) is 16.0 Å². The minimum atomic E-state index is -0.874. The number of nitrogens with one attached hydrogen (secondary N) is 1. The van der Waals surface area contributed by atoms with E-state index in [1.807, 2.05) is 42.5 Å². The van der Waals surface area contributed by atoms with Crippen LogP contribution < -0.4 is 10.1 Å². The molecule has 1 saturated carbocycles. The van der Waals surface area contributed by atoms with Gasteiger partial charge in [0.25, 0.3) is 5.91 Å². The molecule has 35 heavy (non-hydrogen) atoms. The number of carbonyl (C=O) groups excluding carboxylic acids is 1. The molecule has 1 heterocycles. The first-order chi connectivity index (χ1) is 17.0. The van der Waals surface area contributed by atoms with Crippen LogP contribution in [0.3, 0.4) is 0 Å². The Kier molecular flexibility index (Phi) is 6.68. The second-order valence-corrected chi connectivity index (χ2v) is 9.66. The number of hydrogen-bond donors (Lipinski definition) is 2. The summed E-state index contributed by atoms with van der Waals surface area (Å²) in [6, 6.07) is 23.2. The van der Waals surface area contributed by atoms with Crippen molar-refractivity contribution in [3.63, 3.8) is 0 Å². The van der Waals surface area contributed by atoms with Crippen LogP contribution in [0.5, 0.6) is 5.75 Å². The summed E-state index contributed by atoms with van der Waals surface area (Å²) in [5.74, 6) is 0.474. The molecule has 0 unspecified atom stereocenters. The summed E-state index contributed by atoms with van der Waals surface area (Å²) < 4.78 is 5.81. The highest BCUT2D eigenvalue weighted by Crippen LogP contribution is 2.31. The van der Waals surface area contributed by atoms with Crippen LogP contribution in [0.2, 0.25) is 0 Å². The van der Waals surface area contributed by atoms with Crippen molar-refractivity contribution in [3.05, 3.63) is 88.8 Å². The van der Waals surface area contributed by atoms with E-state index < -0.39 is 5.97 Å². The van der Waals surface area contributed by atoms with Gasteiger partial charge in [0.05, 0.1) is 17.9 Å². The molecule has 1 aliphatic heterocycles. The monoisotopic (exact) mass is 484 g/mol. The molecule has 0 aromatic heterocycles. The number of thioether (sulfide) groups is 1. The van der Waals surface area contributed by atoms with Crippen LogP contribution in [0, 0.1) is 5.92 Å². The Labute approximate surface area is 207 Å². The van der Waals surface area contributed by atoms with Gasteiger partial charge in [0, 0.05) is 5.69 Å². The van der Waals surface area contributed by atoms with Crippen molar-refractivity contribution in [2.24, 2.45) is 10.9 Å². The Balaban J connectivity index is 1.19. The number of carboxylic acid groups (broad SMARTS) is 1. The van der Waals surface area contributed by atoms with Crippen molar-refractivity contribution in [3.8, 4) is 16.9 Å². The topological polar surface area (TPSA) is 88.0 Å². The first kappa shape index (κ1) is 22.9. The van der Waals surface area contributed by atoms with Crippen LogP contribution >= 0.6 is 11.8 Å². The van der Waals surface area contributed by atoms with Crippen LogP contribution in [0.25, 0.3) is 17.2 Å². The van der Waals surface area contributed by atoms with Crippen molar-refractivity contribution in [1.29, 1.82) is 0 Å².